The van der Waals surface area contributed by atoms with Gasteiger partial charge >= 0.3 is 12.5 Å². The third-order valence-corrected chi connectivity index (χ3v) is 12.1. The molecule has 3 unspecified atom stereocenters. The molecule has 0 bridgehead atoms. The van der Waals surface area contributed by atoms with E-state index in [0.717, 1.165) is 50.4 Å². The zero-order valence-electron chi connectivity index (χ0n) is 35.8. The van der Waals surface area contributed by atoms with Crippen LogP contribution >= 0.6 is 34.2 Å². The average molecular weight is 977 g/mol. The Hall–Kier alpha value is -3.71. The molecule has 6 atom stereocenters. The van der Waals surface area contributed by atoms with Crippen molar-refractivity contribution in [2.45, 2.75) is 97.2 Å². The van der Waals surface area contributed by atoms with Gasteiger partial charge in [0.2, 0.25) is 11.8 Å². The Morgan fingerprint density at radius 1 is 1.12 bits per heavy atom. The van der Waals surface area contributed by atoms with Gasteiger partial charge in [0, 0.05) is 91.4 Å². The van der Waals surface area contributed by atoms with Crippen LogP contribution in [0.3, 0.4) is 0 Å². The lowest BCUT2D eigenvalue weighted by atomic mass is 9.95. The molecule has 3 aliphatic rings. The molecule has 3 N–H and O–H groups in total. The molecule has 0 aliphatic carbocycles. The molecule has 0 radical (unpaired) electrons. The SMILES string of the molecule is CCN(CCC(C)N1CCN(/C=C(\C)NC(=C/I)/C=C(/OC(F)(F)F)C(C)c2ccc(C3N=C([C@@H]4C[C@H](C)CN4C(=O)CNC(=O)OC)N[C@@H]3Cl)cc2)CC1)C(=O)C(C)C. The van der Waals surface area contributed by atoms with Crippen LogP contribution in [0.4, 0.5) is 18.0 Å². The maximum atomic E-state index is 13.8. The zero-order chi connectivity index (χ0) is 44.3. The fraction of sp³-hybridized carbons (Fsp3) is 0.619. The minimum absolute atomic E-state index is 0.0199. The number of ether oxygens (including phenoxy) is 2. The highest BCUT2D eigenvalue weighted by Gasteiger charge is 2.41. The van der Waals surface area contributed by atoms with Crippen LogP contribution < -0.4 is 16.0 Å². The van der Waals surface area contributed by atoms with Crippen molar-refractivity contribution in [3.8, 4) is 0 Å². The number of hydrogen-bond donors (Lipinski definition) is 3. The van der Waals surface area contributed by atoms with E-state index in [4.69, 9.17) is 16.6 Å². The summed E-state index contributed by atoms with van der Waals surface area (Å²) in [6.07, 6.45) is -0.684. The molecular formula is C42H61ClF3IN8O5. The predicted molar refractivity (Wildman–Crippen MR) is 236 cm³/mol. The summed E-state index contributed by atoms with van der Waals surface area (Å²) in [6.45, 7) is 18.6. The van der Waals surface area contributed by atoms with E-state index in [1.807, 2.05) is 68.3 Å². The summed E-state index contributed by atoms with van der Waals surface area (Å²) in [5, 5.41) is 8.90. The molecule has 60 heavy (non-hydrogen) atoms. The van der Waals surface area contributed by atoms with Crippen molar-refractivity contribution >= 4 is 57.9 Å². The van der Waals surface area contributed by atoms with Crippen LogP contribution in [-0.2, 0) is 19.1 Å². The largest absolute Gasteiger partial charge is 0.572 e. The van der Waals surface area contributed by atoms with Gasteiger partial charge < -0.3 is 40.1 Å². The number of nitrogens with zero attached hydrogens (tertiary/aromatic N) is 5. The minimum atomic E-state index is -4.91. The highest BCUT2D eigenvalue weighted by atomic mass is 127. The molecule has 0 aromatic heterocycles. The number of amidine groups is 1. The molecule has 3 aliphatic heterocycles. The standard InChI is InChI=1S/C42H61ClF3IN8O5/c1-9-53(40(57)26(2)3)15-14-29(6)54-18-16-52(17-19-54)25-28(5)49-33(22-47)21-35(60-42(44,45)46)30(7)31-10-12-32(13-11-31)37-38(43)51-39(50-37)34-20-27(4)24-55(34)36(56)23-48-41(58)59-8/h10-13,21-22,25-27,29-30,34,37-38,49H,9,14-20,23-24H2,1-8H3,(H,48,58)(H,50,51)/b28-25+,33-22+,35-21+/t27-,29?,30?,34-,37?,38-/m0/s1. The van der Waals surface area contributed by atoms with E-state index in [-0.39, 0.29) is 42.0 Å². The summed E-state index contributed by atoms with van der Waals surface area (Å²) in [5.74, 6) is -0.402. The molecule has 0 spiro atoms. The zero-order valence-corrected chi connectivity index (χ0v) is 38.7. The summed E-state index contributed by atoms with van der Waals surface area (Å²) in [5.41, 5.74) is 1.93. The molecule has 334 valence electrons. The Morgan fingerprint density at radius 3 is 2.37 bits per heavy atom. The van der Waals surface area contributed by atoms with Gasteiger partial charge in [0.25, 0.3) is 0 Å². The lowest BCUT2D eigenvalue weighted by molar-refractivity contribution is -0.307. The Kier molecular flexibility index (Phi) is 18.3. The number of carbonyl (C=O) groups is 3. The van der Waals surface area contributed by atoms with Gasteiger partial charge in [-0.2, -0.15) is 0 Å². The molecule has 0 saturated carbocycles. The van der Waals surface area contributed by atoms with Gasteiger partial charge in [0.1, 0.15) is 29.7 Å². The monoisotopic (exact) mass is 976 g/mol. The smallest absolute Gasteiger partial charge is 0.453 e. The van der Waals surface area contributed by atoms with Crippen LogP contribution in [-0.4, -0.2) is 127 Å². The maximum Gasteiger partial charge on any atom is 0.572 e. The minimum Gasteiger partial charge on any atom is -0.453 e. The molecule has 2 saturated heterocycles. The number of halogens is 5. The second kappa shape index (κ2) is 22.4. The van der Waals surface area contributed by atoms with E-state index in [1.165, 1.54) is 13.2 Å². The number of amides is 3. The van der Waals surface area contributed by atoms with Crippen molar-refractivity contribution in [1.29, 1.82) is 0 Å². The highest BCUT2D eigenvalue weighted by molar-refractivity contribution is 14.1. The Labute approximate surface area is 371 Å². The molecule has 2 fully saturated rings. The molecule has 13 nitrogen and oxygen atoms in total. The summed E-state index contributed by atoms with van der Waals surface area (Å²) < 4.78 is 52.3. The number of alkyl carbamates (subject to hydrolysis) is 1. The van der Waals surface area contributed by atoms with E-state index in [0.29, 0.717) is 42.6 Å². The first kappa shape index (κ1) is 49.0. The Morgan fingerprint density at radius 2 is 1.78 bits per heavy atom. The summed E-state index contributed by atoms with van der Waals surface area (Å²) in [7, 11) is 1.23. The van der Waals surface area contributed by atoms with Gasteiger partial charge in [-0.05, 0) is 50.7 Å². The second-order valence-electron chi connectivity index (χ2n) is 16.0. The van der Waals surface area contributed by atoms with E-state index >= 15 is 0 Å². The Bertz CT molecular complexity index is 1750. The van der Waals surface area contributed by atoms with Crippen molar-refractivity contribution in [1.82, 2.24) is 35.6 Å². The van der Waals surface area contributed by atoms with Crippen LogP contribution in [0.15, 0.2) is 62.8 Å². The third-order valence-electron chi connectivity index (χ3n) is 11.1. The van der Waals surface area contributed by atoms with Crippen LogP contribution in [0.25, 0.3) is 0 Å². The maximum absolute atomic E-state index is 13.8. The van der Waals surface area contributed by atoms with Crippen LogP contribution in [0.2, 0.25) is 0 Å². The topological polar surface area (TPSA) is 131 Å². The summed E-state index contributed by atoms with van der Waals surface area (Å²) in [4.78, 5) is 50.1. The lowest BCUT2D eigenvalue weighted by Gasteiger charge is -2.38. The molecule has 1 aromatic rings. The molecule has 1 aromatic carbocycles. The average Bonchev–Trinajstić information content (AvgIpc) is 3.80. The normalized spacial score (nSPS) is 22.9. The summed E-state index contributed by atoms with van der Waals surface area (Å²) in [6, 6.07) is 6.54. The van der Waals surface area contributed by atoms with Crippen molar-refractivity contribution in [2.24, 2.45) is 16.8 Å². The number of likely N-dealkylation sites (tertiary alicyclic amines) is 1. The van der Waals surface area contributed by atoms with Crippen molar-refractivity contribution in [3.05, 3.63) is 68.9 Å². The fourth-order valence-electron chi connectivity index (χ4n) is 7.73. The van der Waals surface area contributed by atoms with Gasteiger partial charge in [-0.3, -0.25) is 19.5 Å². The van der Waals surface area contributed by atoms with Crippen LogP contribution in [0.5, 0.6) is 0 Å². The van der Waals surface area contributed by atoms with E-state index in [9.17, 15) is 27.6 Å². The van der Waals surface area contributed by atoms with Crippen molar-refractivity contribution in [2.75, 3.05) is 59.5 Å². The number of alkyl halides is 4. The van der Waals surface area contributed by atoms with Crippen molar-refractivity contribution in [3.63, 3.8) is 0 Å². The first-order valence-electron chi connectivity index (χ1n) is 20.5. The number of carbonyl (C=O) groups excluding carboxylic acids is 3. The first-order valence-corrected chi connectivity index (χ1v) is 22.2. The highest BCUT2D eigenvalue weighted by Crippen LogP contribution is 2.36. The summed E-state index contributed by atoms with van der Waals surface area (Å²) >= 11 is 8.74. The van der Waals surface area contributed by atoms with E-state index in [1.54, 1.807) is 40.2 Å². The van der Waals surface area contributed by atoms with Crippen LogP contribution in [0, 0.1) is 11.8 Å². The number of hydrogen-bond acceptors (Lipinski definition) is 10. The number of allylic oxidation sites excluding steroid dienone is 3. The number of aliphatic imine (C=N–C) groups is 1. The number of rotatable bonds is 17. The van der Waals surface area contributed by atoms with Gasteiger partial charge in [0.15, 0.2) is 0 Å². The molecular weight excluding hydrogens is 916 g/mol. The van der Waals surface area contributed by atoms with E-state index in [2.05, 4.69) is 42.1 Å². The van der Waals surface area contributed by atoms with Crippen LogP contribution in [0.1, 0.15) is 84.4 Å². The second-order valence-corrected chi connectivity index (χ2v) is 17.1. The Balaban J connectivity index is 1.40. The third kappa shape index (κ3) is 13.9. The van der Waals surface area contributed by atoms with Gasteiger partial charge in [-0.1, -0.05) is 86.2 Å². The molecule has 3 heterocycles. The fourth-order valence-corrected chi connectivity index (χ4v) is 8.38. The number of nitrogens with one attached hydrogen (secondary N) is 3. The molecule has 4 rings (SSSR count). The van der Waals surface area contributed by atoms with Crippen molar-refractivity contribution < 1.29 is 37.0 Å². The van der Waals surface area contributed by atoms with E-state index < -0.39 is 29.9 Å². The molecule has 18 heteroatoms. The quantitative estimate of drug-likeness (QED) is 0.0495. The van der Waals surface area contributed by atoms with Gasteiger partial charge in [-0.15, -0.1) is 13.2 Å². The lowest BCUT2D eigenvalue weighted by Crippen LogP contribution is -2.49. The predicted octanol–water partition coefficient (Wildman–Crippen LogP) is 7.04. The number of benzene rings is 1. The number of piperazine rings is 1. The van der Waals surface area contributed by atoms with Gasteiger partial charge in [0.05, 0.1) is 13.2 Å². The molecule has 3 amide bonds. The first-order chi connectivity index (χ1) is 28.3. The van der Waals surface area contributed by atoms with Gasteiger partial charge in [-0.25, -0.2) is 4.79 Å². The number of methoxy groups -OCH3 is 1.